The van der Waals surface area contributed by atoms with Crippen LogP contribution < -0.4 is 15.8 Å². The van der Waals surface area contributed by atoms with E-state index in [2.05, 4.69) is 36.7 Å². The minimum Gasteiger partial charge on any atom is -0.493 e. The first-order valence-electron chi connectivity index (χ1n) is 9.84. The molecule has 0 bridgehead atoms. The van der Waals surface area contributed by atoms with E-state index in [1.165, 1.54) is 0 Å². The van der Waals surface area contributed by atoms with Gasteiger partial charge in [0.2, 0.25) is 5.91 Å². The third-order valence-electron chi connectivity index (χ3n) is 5.39. The second kappa shape index (κ2) is 9.47. The van der Waals surface area contributed by atoms with Gasteiger partial charge in [0.05, 0.1) is 12.6 Å². The molecule has 3 rings (SSSR count). The summed E-state index contributed by atoms with van der Waals surface area (Å²) in [6, 6.07) is 7.76. The van der Waals surface area contributed by atoms with E-state index in [0.29, 0.717) is 23.6 Å². The molecule has 5 heteroatoms. The number of nitrogens with two attached hydrogens (primary N) is 1. The van der Waals surface area contributed by atoms with Crippen molar-refractivity contribution in [1.82, 2.24) is 5.32 Å². The smallest absolute Gasteiger partial charge is 0.223 e. The van der Waals surface area contributed by atoms with Gasteiger partial charge in [-0.3, -0.25) is 4.79 Å². The molecule has 2 aliphatic rings. The van der Waals surface area contributed by atoms with Crippen LogP contribution in [-0.2, 0) is 4.79 Å². The molecule has 0 radical (unpaired) electrons. The first-order valence-corrected chi connectivity index (χ1v) is 10.8. The van der Waals surface area contributed by atoms with Crippen molar-refractivity contribution in [3.8, 4) is 5.75 Å². The maximum Gasteiger partial charge on any atom is 0.223 e. The number of thioether (sulfide) groups is 1. The molecule has 0 spiro atoms. The molecule has 1 amide bonds. The molecular weight excluding hydrogens is 356 g/mol. The number of hydrogen-bond acceptors (Lipinski definition) is 4. The standard InChI is InChI=1S/C22H30N2O2S/c1-3-15(2)14-26-17-9-7-16(8-10-17)20(13-23)24-22(25)19-12-18(19)21-6-4-5-11-27-21/h4-11,15,18-21H,3,12-14,23H2,1-2H3,(H,24,25). The highest BCUT2D eigenvalue weighted by Crippen LogP contribution is 2.47. The van der Waals surface area contributed by atoms with Gasteiger partial charge >= 0.3 is 0 Å². The molecule has 5 unspecified atom stereocenters. The number of benzene rings is 1. The van der Waals surface area contributed by atoms with Crippen molar-refractivity contribution < 1.29 is 9.53 Å². The van der Waals surface area contributed by atoms with E-state index in [1.807, 2.05) is 30.3 Å². The number of amides is 1. The minimum absolute atomic E-state index is 0.103. The van der Waals surface area contributed by atoms with Gasteiger partial charge in [0, 0.05) is 17.7 Å². The fourth-order valence-corrected chi connectivity index (χ4v) is 4.28. The summed E-state index contributed by atoms with van der Waals surface area (Å²) in [6.45, 7) is 5.45. The van der Waals surface area contributed by atoms with Crippen molar-refractivity contribution in [3.05, 3.63) is 53.5 Å². The second-order valence-corrected chi connectivity index (χ2v) is 8.60. The molecule has 1 aromatic carbocycles. The molecule has 1 aliphatic carbocycles. The van der Waals surface area contributed by atoms with Crippen LogP contribution in [0.15, 0.2) is 47.9 Å². The Morgan fingerprint density at radius 2 is 2.11 bits per heavy atom. The van der Waals surface area contributed by atoms with Gasteiger partial charge in [0.1, 0.15) is 5.75 Å². The van der Waals surface area contributed by atoms with Crippen LogP contribution in [0.25, 0.3) is 0 Å². The quantitative estimate of drug-likeness (QED) is 0.672. The predicted molar refractivity (Wildman–Crippen MR) is 113 cm³/mol. The summed E-state index contributed by atoms with van der Waals surface area (Å²) in [4.78, 5) is 12.6. The third-order valence-corrected chi connectivity index (χ3v) is 6.53. The molecule has 27 heavy (non-hydrogen) atoms. The molecule has 0 saturated heterocycles. The number of carbonyl (C=O) groups is 1. The summed E-state index contributed by atoms with van der Waals surface area (Å²) < 4.78 is 5.80. The summed E-state index contributed by atoms with van der Waals surface area (Å²) in [7, 11) is 0. The zero-order valence-corrected chi connectivity index (χ0v) is 17.0. The van der Waals surface area contributed by atoms with Crippen LogP contribution in [0, 0.1) is 17.8 Å². The third kappa shape index (κ3) is 5.39. The van der Waals surface area contributed by atoms with Gasteiger partial charge in [-0.2, -0.15) is 0 Å². The fraction of sp³-hybridized carbons (Fsp3) is 0.500. The van der Waals surface area contributed by atoms with Gasteiger partial charge in [0.25, 0.3) is 0 Å². The maximum absolute atomic E-state index is 12.6. The van der Waals surface area contributed by atoms with Crippen LogP contribution >= 0.6 is 11.8 Å². The normalized spacial score (nSPS) is 25.7. The lowest BCUT2D eigenvalue weighted by Gasteiger charge is -2.19. The Balaban J connectivity index is 1.52. The summed E-state index contributed by atoms with van der Waals surface area (Å²) in [6.07, 6.45) is 8.37. The van der Waals surface area contributed by atoms with Gasteiger partial charge in [0.15, 0.2) is 0 Å². The van der Waals surface area contributed by atoms with E-state index in [4.69, 9.17) is 10.5 Å². The van der Waals surface area contributed by atoms with E-state index >= 15 is 0 Å². The fourth-order valence-electron chi connectivity index (χ4n) is 3.23. The average Bonchev–Trinajstić information content (AvgIpc) is 3.52. The molecule has 146 valence electrons. The first kappa shape index (κ1) is 20.0. The van der Waals surface area contributed by atoms with Crippen LogP contribution in [0.3, 0.4) is 0 Å². The van der Waals surface area contributed by atoms with Gasteiger partial charge < -0.3 is 15.8 Å². The van der Waals surface area contributed by atoms with Crippen molar-refractivity contribution >= 4 is 17.7 Å². The van der Waals surface area contributed by atoms with Gasteiger partial charge in [-0.25, -0.2) is 0 Å². The topological polar surface area (TPSA) is 64.3 Å². The Morgan fingerprint density at radius 1 is 1.33 bits per heavy atom. The number of ether oxygens (including phenoxy) is 1. The minimum atomic E-state index is -0.156. The van der Waals surface area contributed by atoms with Gasteiger partial charge in [-0.15, -0.1) is 11.8 Å². The first-order chi connectivity index (χ1) is 13.1. The van der Waals surface area contributed by atoms with E-state index < -0.39 is 0 Å². The second-order valence-electron chi connectivity index (χ2n) is 7.51. The number of nitrogens with one attached hydrogen (secondary N) is 1. The highest BCUT2D eigenvalue weighted by molar-refractivity contribution is 8.02. The monoisotopic (exact) mass is 386 g/mol. The van der Waals surface area contributed by atoms with Crippen LogP contribution in [0.1, 0.15) is 38.3 Å². The Labute approximate surface area is 166 Å². The molecule has 1 saturated carbocycles. The lowest BCUT2D eigenvalue weighted by molar-refractivity contribution is -0.123. The summed E-state index contributed by atoms with van der Waals surface area (Å²) in [5, 5.41) is 5.66. The van der Waals surface area contributed by atoms with Crippen LogP contribution in [-0.4, -0.2) is 24.3 Å². The molecule has 3 N–H and O–H groups in total. The molecule has 1 heterocycles. The molecule has 0 aromatic heterocycles. The van der Waals surface area contributed by atoms with Gasteiger partial charge in [-0.1, -0.05) is 50.6 Å². The van der Waals surface area contributed by atoms with Crippen LogP contribution in [0.2, 0.25) is 0 Å². The molecule has 1 aliphatic heterocycles. The Kier molecular flexibility index (Phi) is 7.02. The molecule has 4 nitrogen and oxygen atoms in total. The average molecular weight is 387 g/mol. The zero-order chi connectivity index (χ0) is 19.2. The Bertz CT molecular complexity index is 686. The highest BCUT2D eigenvalue weighted by Gasteiger charge is 2.47. The molecular formula is C22H30N2O2S. The Hall–Kier alpha value is -1.72. The molecule has 5 atom stereocenters. The SMILES string of the molecule is CCC(C)COc1ccc(C(CN)NC(=O)C2CC2C2C=CC=CS2)cc1. The van der Waals surface area contributed by atoms with Crippen LogP contribution in [0.5, 0.6) is 5.75 Å². The maximum atomic E-state index is 12.6. The van der Waals surface area contributed by atoms with Crippen molar-refractivity contribution in [1.29, 1.82) is 0 Å². The summed E-state index contributed by atoms with van der Waals surface area (Å²) in [5.74, 6) is 2.06. The van der Waals surface area contributed by atoms with Crippen LogP contribution in [0.4, 0.5) is 0 Å². The van der Waals surface area contributed by atoms with E-state index in [0.717, 1.165) is 30.8 Å². The van der Waals surface area contributed by atoms with E-state index in [-0.39, 0.29) is 17.9 Å². The van der Waals surface area contributed by atoms with Crippen molar-refractivity contribution in [2.75, 3.05) is 13.2 Å². The lowest BCUT2D eigenvalue weighted by Crippen LogP contribution is -2.35. The zero-order valence-electron chi connectivity index (χ0n) is 16.1. The molecule has 1 aromatic rings. The van der Waals surface area contributed by atoms with Gasteiger partial charge in [-0.05, 0) is 41.4 Å². The molecule has 1 fully saturated rings. The number of hydrogen-bond donors (Lipinski definition) is 2. The van der Waals surface area contributed by atoms with E-state index in [9.17, 15) is 4.79 Å². The largest absolute Gasteiger partial charge is 0.493 e. The predicted octanol–water partition coefficient (Wildman–Crippen LogP) is 4.05. The summed E-state index contributed by atoms with van der Waals surface area (Å²) >= 11 is 1.80. The Morgan fingerprint density at radius 3 is 2.74 bits per heavy atom. The number of rotatable bonds is 9. The highest BCUT2D eigenvalue weighted by atomic mass is 32.2. The lowest BCUT2D eigenvalue weighted by atomic mass is 10.1. The van der Waals surface area contributed by atoms with Crippen molar-refractivity contribution in [2.24, 2.45) is 23.5 Å². The van der Waals surface area contributed by atoms with Crippen molar-refractivity contribution in [3.63, 3.8) is 0 Å². The van der Waals surface area contributed by atoms with Crippen molar-refractivity contribution in [2.45, 2.75) is 38.0 Å². The summed E-state index contributed by atoms with van der Waals surface area (Å²) in [5.41, 5.74) is 6.96. The number of allylic oxidation sites excluding steroid dienone is 2. The van der Waals surface area contributed by atoms with E-state index in [1.54, 1.807) is 11.8 Å². The number of carbonyl (C=O) groups excluding carboxylic acids is 1.